The lowest BCUT2D eigenvalue weighted by Crippen LogP contribution is -1.86. The zero-order chi connectivity index (χ0) is 7.56. The number of aromatic nitrogens is 1. The van der Waals surface area contributed by atoms with Crippen molar-refractivity contribution in [3.63, 3.8) is 0 Å². The highest BCUT2D eigenvalue weighted by molar-refractivity contribution is 9.10. The van der Waals surface area contributed by atoms with Gasteiger partial charge >= 0.3 is 0 Å². The van der Waals surface area contributed by atoms with Gasteiger partial charge in [-0.1, -0.05) is 11.6 Å². The first-order valence-electron chi connectivity index (χ1n) is 2.58. The second kappa shape index (κ2) is 3.21. The summed E-state index contributed by atoms with van der Waals surface area (Å²) < 4.78 is 5.72. The SMILES string of the molecule is COc1c(Cl)cncc1Br. The van der Waals surface area contributed by atoms with Gasteiger partial charge in [0.1, 0.15) is 5.02 Å². The Labute approximate surface area is 72.3 Å². The Morgan fingerprint density at radius 1 is 1.60 bits per heavy atom. The summed E-state index contributed by atoms with van der Waals surface area (Å²) in [4.78, 5) is 3.83. The summed E-state index contributed by atoms with van der Waals surface area (Å²) in [6.45, 7) is 0. The molecule has 0 fully saturated rings. The van der Waals surface area contributed by atoms with Crippen LogP contribution in [0.2, 0.25) is 5.02 Å². The molecular weight excluding hydrogens is 217 g/mol. The van der Waals surface area contributed by atoms with Crippen LogP contribution in [0.3, 0.4) is 0 Å². The Hall–Kier alpha value is -0.280. The topological polar surface area (TPSA) is 22.1 Å². The summed E-state index contributed by atoms with van der Waals surface area (Å²) >= 11 is 8.95. The molecule has 0 bridgehead atoms. The van der Waals surface area contributed by atoms with Crippen molar-refractivity contribution in [2.45, 2.75) is 0 Å². The lowest BCUT2D eigenvalue weighted by molar-refractivity contribution is 0.412. The van der Waals surface area contributed by atoms with Crippen molar-refractivity contribution in [1.29, 1.82) is 0 Å². The molecule has 1 aromatic rings. The number of rotatable bonds is 1. The molecule has 0 saturated heterocycles. The van der Waals surface area contributed by atoms with Gasteiger partial charge in [-0.05, 0) is 15.9 Å². The Kier molecular flexibility index (Phi) is 2.51. The molecule has 0 aliphatic carbocycles. The van der Waals surface area contributed by atoms with Crippen molar-refractivity contribution in [2.75, 3.05) is 7.11 Å². The second-order valence-electron chi connectivity index (χ2n) is 1.64. The Morgan fingerprint density at radius 2 is 2.30 bits per heavy atom. The molecule has 4 heteroatoms. The molecule has 0 amide bonds. The molecule has 54 valence electrons. The summed E-state index contributed by atoms with van der Waals surface area (Å²) in [5.41, 5.74) is 0. The fourth-order valence-corrected chi connectivity index (χ4v) is 1.44. The molecule has 0 saturated carbocycles. The molecule has 0 radical (unpaired) electrons. The van der Waals surface area contributed by atoms with Gasteiger partial charge in [-0.2, -0.15) is 0 Å². The van der Waals surface area contributed by atoms with Crippen LogP contribution in [0, 0.1) is 0 Å². The van der Waals surface area contributed by atoms with Crippen molar-refractivity contribution in [2.24, 2.45) is 0 Å². The number of pyridine rings is 1. The van der Waals surface area contributed by atoms with Crippen molar-refractivity contribution < 1.29 is 4.74 Å². The van der Waals surface area contributed by atoms with Crippen molar-refractivity contribution in [1.82, 2.24) is 4.98 Å². The minimum atomic E-state index is 0.511. The van der Waals surface area contributed by atoms with Crippen LogP contribution >= 0.6 is 27.5 Å². The minimum Gasteiger partial charge on any atom is -0.494 e. The molecule has 0 aliphatic heterocycles. The summed E-state index contributed by atoms with van der Waals surface area (Å²) in [5.74, 6) is 0.622. The van der Waals surface area contributed by atoms with Crippen LogP contribution in [0.5, 0.6) is 5.75 Å². The third kappa shape index (κ3) is 1.41. The lowest BCUT2D eigenvalue weighted by atomic mass is 10.4. The summed E-state index contributed by atoms with van der Waals surface area (Å²) in [6, 6.07) is 0. The highest BCUT2D eigenvalue weighted by atomic mass is 79.9. The van der Waals surface area contributed by atoms with E-state index in [0.29, 0.717) is 10.8 Å². The van der Waals surface area contributed by atoms with E-state index in [4.69, 9.17) is 16.3 Å². The minimum absolute atomic E-state index is 0.511. The van der Waals surface area contributed by atoms with Crippen LogP contribution < -0.4 is 4.74 Å². The fraction of sp³-hybridized carbons (Fsp3) is 0.167. The monoisotopic (exact) mass is 221 g/mol. The third-order valence-electron chi connectivity index (χ3n) is 1.01. The van der Waals surface area contributed by atoms with Gasteiger partial charge in [0, 0.05) is 12.4 Å². The van der Waals surface area contributed by atoms with Crippen LogP contribution in [-0.4, -0.2) is 12.1 Å². The molecule has 0 atom stereocenters. The zero-order valence-corrected chi connectivity index (χ0v) is 7.61. The van der Waals surface area contributed by atoms with Crippen LogP contribution in [-0.2, 0) is 0 Å². The first-order chi connectivity index (χ1) is 4.75. The average Bonchev–Trinajstić information content (AvgIpc) is 1.88. The quantitative estimate of drug-likeness (QED) is 0.728. The maximum Gasteiger partial charge on any atom is 0.154 e. The largest absolute Gasteiger partial charge is 0.494 e. The molecule has 0 spiro atoms. The van der Waals surface area contributed by atoms with Gasteiger partial charge in [0.25, 0.3) is 0 Å². The zero-order valence-electron chi connectivity index (χ0n) is 5.27. The molecule has 10 heavy (non-hydrogen) atoms. The number of hydrogen-bond donors (Lipinski definition) is 0. The van der Waals surface area contributed by atoms with Gasteiger partial charge in [0.15, 0.2) is 5.75 Å². The average molecular weight is 222 g/mol. The molecule has 0 aliphatic rings. The smallest absolute Gasteiger partial charge is 0.154 e. The Morgan fingerprint density at radius 3 is 2.70 bits per heavy atom. The van der Waals surface area contributed by atoms with E-state index in [-0.39, 0.29) is 0 Å². The normalized spacial score (nSPS) is 9.50. The van der Waals surface area contributed by atoms with Crippen LogP contribution in [0.1, 0.15) is 0 Å². The highest BCUT2D eigenvalue weighted by Crippen LogP contribution is 2.30. The Balaban J connectivity index is 3.17. The van der Waals surface area contributed by atoms with Crippen LogP contribution in [0.15, 0.2) is 16.9 Å². The number of methoxy groups -OCH3 is 1. The first kappa shape index (κ1) is 7.82. The van der Waals surface area contributed by atoms with E-state index in [2.05, 4.69) is 20.9 Å². The summed E-state index contributed by atoms with van der Waals surface area (Å²) in [6.07, 6.45) is 3.16. The first-order valence-corrected chi connectivity index (χ1v) is 3.76. The summed E-state index contributed by atoms with van der Waals surface area (Å²) in [5, 5.41) is 0.511. The maximum absolute atomic E-state index is 5.71. The highest BCUT2D eigenvalue weighted by Gasteiger charge is 2.03. The van der Waals surface area contributed by atoms with Gasteiger partial charge < -0.3 is 4.74 Å². The van der Waals surface area contributed by atoms with E-state index in [1.54, 1.807) is 13.3 Å². The van der Waals surface area contributed by atoms with E-state index in [0.717, 1.165) is 4.47 Å². The number of hydrogen-bond acceptors (Lipinski definition) is 2. The predicted octanol–water partition coefficient (Wildman–Crippen LogP) is 2.51. The predicted molar refractivity (Wildman–Crippen MR) is 43.5 cm³/mol. The van der Waals surface area contributed by atoms with E-state index in [1.807, 2.05) is 0 Å². The second-order valence-corrected chi connectivity index (χ2v) is 2.90. The van der Waals surface area contributed by atoms with Gasteiger partial charge in [0.05, 0.1) is 11.6 Å². The van der Waals surface area contributed by atoms with Crippen LogP contribution in [0.25, 0.3) is 0 Å². The lowest BCUT2D eigenvalue weighted by Gasteiger charge is -2.02. The van der Waals surface area contributed by atoms with Gasteiger partial charge in [-0.15, -0.1) is 0 Å². The molecule has 1 aromatic heterocycles. The van der Waals surface area contributed by atoms with Gasteiger partial charge in [-0.25, -0.2) is 0 Å². The molecular formula is C6H5BrClNO. The molecule has 1 rings (SSSR count). The molecule has 0 aromatic carbocycles. The third-order valence-corrected chi connectivity index (χ3v) is 1.85. The van der Waals surface area contributed by atoms with Gasteiger partial charge in [0.2, 0.25) is 0 Å². The van der Waals surface area contributed by atoms with Crippen LogP contribution in [0.4, 0.5) is 0 Å². The molecule has 2 nitrogen and oxygen atoms in total. The standard InChI is InChI=1S/C6H5BrClNO/c1-10-6-4(7)2-9-3-5(6)8/h2-3H,1H3. The maximum atomic E-state index is 5.71. The van der Waals surface area contributed by atoms with E-state index in [9.17, 15) is 0 Å². The number of ether oxygens (including phenoxy) is 1. The van der Waals surface area contributed by atoms with E-state index in [1.165, 1.54) is 6.20 Å². The van der Waals surface area contributed by atoms with Crippen molar-refractivity contribution in [3.8, 4) is 5.75 Å². The van der Waals surface area contributed by atoms with Gasteiger partial charge in [-0.3, -0.25) is 4.98 Å². The van der Waals surface area contributed by atoms with Crippen molar-refractivity contribution in [3.05, 3.63) is 21.9 Å². The molecule has 1 heterocycles. The number of nitrogens with zero attached hydrogens (tertiary/aromatic N) is 1. The summed E-state index contributed by atoms with van der Waals surface area (Å²) in [7, 11) is 1.56. The van der Waals surface area contributed by atoms with Crippen molar-refractivity contribution >= 4 is 27.5 Å². The Bertz CT molecular complexity index is 221. The fourth-order valence-electron chi connectivity index (χ4n) is 0.594. The molecule has 0 N–H and O–H groups in total. The molecule has 0 unspecified atom stereocenters. The number of halogens is 2. The van der Waals surface area contributed by atoms with E-state index >= 15 is 0 Å². The van der Waals surface area contributed by atoms with E-state index < -0.39 is 0 Å².